The van der Waals surface area contributed by atoms with E-state index in [0.717, 1.165) is 17.0 Å². The van der Waals surface area contributed by atoms with Crippen molar-refractivity contribution in [3.8, 4) is 16.9 Å². The third-order valence-corrected chi connectivity index (χ3v) is 6.66. The minimum Gasteiger partial charge on any atom is -0.496 e. The van der Waals surface area contributed by atoms with Gasteiger partial charge in [-0.2, -0.15) is 13.2 Å². The van der Waals surface area contributed by atoms with Crippen molar-refractivity contribution in [2.24, 2.45) is 0 Å². The van der Waals surface area contributed by atoms with Gasteiger partial charge in [0.2, 0.25) is 10.0 Å². The van der Waals surface area contributed by atoms with Gasteiger partial charge < -0.3 is 14.7 Å². The Hall–Kier alpha value is -2.79. The van der Waals surface area contributed by atoms with E-state index in [4.69, 9.17) is 9.84 Å². The molecular formula is C20H21F3N2O5S. The Morgan fingerprint density at radius 3 is 2.39 bits per heavy atom. The zero-order valence-corrected chi connectivity index (χ0v) is 17.3. The van der Waals surface area contributed by atoms with Crippen LogP contribution in [-0.2, 0) is 16.2 Å². The number of nitrogens with one attached hydrogen (secondary N) is 1. The third-order valence-electron chi connectivity index (χ3n) is 5.08. The van der Waals surface area contributed by atoms with E-state index in [1.54, 1.807) is 24.3 Å². The zero-order valence-electron chi connectivity index (χ0n) is 16.5. The summed E-state index contributed by atoms with van der Waals surface area (Å²) in [6.07, 6.45) is -5.68. The number of carboxylic acid groups (broad SMARTS) is 1. The van der Waals surface area contributed by atoms with Crippen LogP contribution in [0.2, 0.25) is 0 Å². The maximum absolute atomic E-state index is 13.8. The van der Waals surface area contributed by atoms with Crippen LogP contribution in [0.25, 0.3) is 11.1 Å². The Morgan fingerprint density at radius 1 is 1.16 bits per heavy atom. The molecule has 0 unspecified atom stereocenters. The summed E-state index contributed by atoms with van der Waals surface area (Å²) in [6, 6.07) is 8.85. The van der Waals surface area contributed by atoms with Crippen molar-refractivity contribution in [1.29, 1.82) is 0 Å². The van der Waals surface area contributed by atoms with Crippen molar-refractivity contribution in [3.05, 3.63) is 48.0 Å². The second-order valence-electron chi connectivity index (χ2n) is 7.07. The van der Waals surface area contributed by atoms with Crippen LogP contribution in [0.4, 0.5) is 18.0 Å². The second kappa shape index (κ2) is 8.75. The lowest BCUT2D eigenvalue weighted by atomic mass is 10.0. The van der Waals surface area contributed by atoms with Crippen molar-refractivity contribution < 1.29 is 36.2 Å². The van der Waals surface area contributed by atoms with Gasteiger partial charge in [-0.1, -0.05) is 24.3 Å². The zero-order chi connectivity index (χ0) is 22.8. The van der Waals surface area contributed by atoms with Crippen LogP contribution in [0.15, 0.2) is 47.4 Å². The number of methoxy groups -OCH3 is 1. The van der Waals surface area contributed by atoms with Gasteiger partial charge in [-0.3, -0.25) is 0 Å². The van der Waals surface area contributed by atoms with Crippen LogP contribution in [-0.4, -0.2) is 50.8 Å². The predicted octanol–water partition coefficient (Wildman–Crippen LogP) is 3.80. The fourth-order valence-corrected chi connectivity index (χ4v) is 5.02. The van der Waals surface area contributed by atoms with Gasteiger partial charge in [0.05, 0.1) is 17.6 Å². The molecule has 3 rings (SSSR count). The number of amides is 1. The molecule has 0 saturated carbocycles. The van der Waals surface area contributed by atoms with Crippen molar-refractivity contribution in [3.63, 3.8) is 0 Å². The Labute approximate surface area is 177 Å². The van der Waals surface area contributed by atoms with Crippen LogP contribution >= 0.6 is 0 Å². The molecule has 1 heterocycles. The average Bonchev–Trinajstić information content (AvgIpc) is 2.72. The molecule has 2 aromatic carbocycles. The molecule has 0 atom stereocenters. The number of sulfonamides is 1. The number of ether oxygens (including phenoxy) is 1. The van der Waals surface area contributed by atoms with Crippen molar-refractivity contribution in [2.45, 2.75) is 30.0 Å². The van der Waals surface area contributed by atoms with E-state index in [0.29, 0.717) is 11.3 Å². The van der Waals surface area contributed by atoms with E-state index < -0.39 is 38.8 Å². The molecule has 1 aliphatic heterocycles. The highest BCUT2D eigenvalue weighted by Gasteiger charge is 2.38. The number of rotatable bonds is 5. The minimum absolute atomic E-state index is 0.0986. The number of alkyl halides is 3. The molecule has 0 radical (unpaired) electrons. The van der Waals surface area contributed by atoms with E-state index in [1.165, 1.54) is 13.2 Å². The summed E-state index contributed by atoms with van der Waals surface area (Å²) in [4.78, 5) is 11.2. The lowest BCUT2D eigenvalue weighted by Gasteiger charge is -2.30. The Balaban J connectivity index is 1.94. The smallest absolute Gasteiger partial charge is 0.417 e. The van der Waals surface area contributed by atoms with Gasteiger partial charge in [0.15, 0.2) is 0 Å². The van der Waals surface area contributed by atoms with Crippen molar-refractivity contribution in [2.75, 3.05) is 20.2 Å². The molecular weight excluding hydrogens is 437 g/mol. The van der Waals surface area contributed by atoms with Crippen molar-refractivity contribution in [1.82, 2.24) is 9.62 Å². The fourth-order valence-electron chi connectivity index (χ4n) is 3.51. The van der Waals surface area contributed by atoms with Crippen LogP contribution in [0.5, 0.6) is 5.75 Å². The molecule has 2 aromatic rings. The first kappa shape index (κ1) is 22.9. The maximum Gasteiger partial charge on any atom is 0.417 e. The van der Waals surface area contributed by atoms with Gasteiger partial charge in [0, 0.05) is 24.7 Å². The molecule has 7 nitrogen and oxygen atoms in total. The number of carbonyl (C=O) groups is 1. The van der Waals surface area contributed by atoms with Gasteiger partial charge in [-0.05, 0) is 36.6 Å². The van der Waals surface area contributed by atoms with Crippen LogP contribution in [0, 0.1) is 0 Å². The number of hydrogen-bond acceptors (Lipinski definition) is 4. The third kappa shape index (κ3) is 5.10. The number of piperidine rings is 1. The number of benzene rings is 2. The van der Waals surface area contributed by atoms with Gasteiger partial charge >= 0.3 is 12.3 Å². The number of halogens is 3. The van der Waals surface area contributed by atoms with E-state index in [2.05, 4.69) is 4.72 Å². The molecule has 168 valence electrons. The Kier molecular flexibility index (Phi) is 6.46. The largest absolute Gasteiger partial charge is 0.496 e. The molecule has 1 fully saturated rings. The minimum atomic E-state index is -4.91. The van der Waals surface area contributed by atoms with Crippen LogP contribution in [0.3, 0.4) is 0 Å². The lowest BCUT2D eigenvalue weighted by molar-refractivity contribution is -0.139. The maximum atomic E-state index is 13.8. The highest BCUT2D eigenvalue weighted by atomic mass is 32.2. The van der Waals surface area contributed by atoms with E-state index in [1.807, 2.05) is 0 Å². The Morgan fingerprint density at radius 2 is 1.81 bits per heavy atom. The summed E-state index contributed by atoms with van der Waals surface area (Å²) >= 11 is 0. The SMILES string of the molecule is COc1ccccc1-c1ccc(S(=O)(=O)NC2CCN(C(=O)O)CC2)c(C(F)(F)F)c1. The van der Waals surface area contributed by atoms with Gasteiger partial charge in [-0.25, -0.2) is 17.9 Å². The second-order valence-corrected chi connectivity index (χ2v) is 8.76. The molecule has 11 heteroatoms. The van der Waals surface area contributed by atoms with Crippen molar-refractivity contribution >= 4 is 16.1 Å². The molecule has 2 N–H and O–H groups in total. The van der Waals surface area contributed by atoms with E-state index in [9.17, 15) is 26.4 Å². The number of nitrogens with zero attached hydrogens (tertiary/aromatic N) is 1. The lowest BCUT2D eigenvalue weighted by Crippen LogP contribution is -2.46. The molecule has 0 aliphatic carbocycles. The fraction of sp³-hybridized carbons (Fsp3) is 0.350. The van der Waals surface area contributed by atoms with Gasteiger partial charge in [-0.15, -0.1) is 0 Å². The number of hydrogen-bond donors (Lipinski definition) is 2. The molecule has 31 heavy (non-hydrogen) atoms. The molecule has 0 aromatic heterocycles. The van der Waals surface area contributed by atoms with E-state index >= 15 is 0 Å². The average molecular weight is 458 g/mol. The summed E-state index contributed by atoms with van der Waals surface area (Å²) in [5.74, 6) is 0.356. The van der Waals surface area contributed by atoms with Crippen LogP contribution in [0.1, 0.15) is 18.4 Å². The van der Waals surface area contributed by atoms with Crippen LogP contribution < -0.4 is 9.46 Å². The molecule has 0 spiro atoms. The standard InChI is InChI=1S/C20H21F3N2O5S/c1-30-17-5-3-2-4-15(17)13-6-7-18(16(12-13)20(21,22)23)31(28,29)24-14-8-10-25(11-9-14)19(26)27/h2-7,12,14,24H,8-11H2,1H3,(H,26,27). The summed E-state index contributed by atoms with van der Waals surface area (Å²) in [7, 11) is -3.10. The van der Waals surface area contributed by atoms with Gasteiger partial charge in [0.1, 0.15) is 5.75 Å². The summed E-state index contributed by atoms with van der Waals surface area (Å²) < 4.78 is 74.4. The molecule has 1 amide bonds. The summed E-state index contributed by atoms with van der Waals surface area (Å²) in [6.45, 7) is 0.197. The summed E-state index contributed by atoms with van der Waals surface area (Å²) in [5.41, 5.74) is -0.724. The Bertz CT molecular complexity index is 1060. The number of likely N-dealkylation sites (tertiary alicyclic amines) is 1. The monoisotopic (exact) mass is 458 g/mol. The quantitative estimate of drug-likeness (QED) is 0.711. The van der Waals surface area contributed by atoms with E-state index in [-0.39, 0.29) is 31.5 Å². The number of para-hydroxylation sites is 1. The normalized spacial score (nSPS) is 15.7. The highest BCUT2D eigenvalue weighted by Crippen LogP contribution is 2.39. The molecule has 1 aliphatic rings. The first-order chi connectivity index (χ1) is 14.5. The van der Waals surface area contributed by atoms with Gasteiger partial charge in [0.25, 0.3) is 0 Å². The topological polar surface area (TPSA) is 95.9 Å². The summed E-state index contributed by atoms with van der Waals surface area (Å²) in [5, 5.41) is 8.97. The predicted molar refractivity (Wildman–Crippen MR) is 106 cm³/mol. The molecule has 0 bridgehead atoms. The first-order valence-corrected chi connectivity index (χ1v) is 10.9. The highest BCUT2D eigenvalue weighted by molar-refractivity contribution is 7.89. The molecule has 1 saturated heterocycles. The first-order valence-electron chi connectivity index (χ1n) is 9.38.